The van der Waals surface area contributed by atoms with Gasteiger partial charge in [0.2, 0.25) is 0 Å². The fraction of sp³-hybridized carbons (Fsp3) is 0.250. The maximum absolute atomic E-state index is 11.9. The Labute approximate surface area is 178 Å². The molecule has 3 aromatic heterocycles. The molecule has 0 amide bonds. The molecule has 0 saturated carbocycles. The van der Waals surface area contributed by atoms with Gasteiger partial charge in [0.1, 0.15) is 5.82 Å². The molecule has 4 aromatic rings. The first-order valence-electron chi connectivity index (χ1n) is 9.74. The van der Waals surface area contributed by atoms with E-state index in [1.54, 1.807) is 41.2 Å². The molecule has 4 heterocycles. The fourth-order valence-corrected chi connectivity index (χ4v) is 4.36. The molecule has 11 heteroatoms. The maximum atomic E-state index is 11.9. The second-order valence-corrected chi connectivity index (χ2v) is 9.38. The van der Waals surface area contributed by atoms with E-state index in [9.17, 15) is 8.42 Å². The Balaban J connectivity index is 1.74. The summed E-state index contributed by atoms with van der Waals surface area (Å²) in [5, 5.41) is 12.1. The zero-order valence-corrected chi connectivity index (χ0v) is 17.6. The molecule has 1 aliphatic rings. The van der Waals surface area contributed by atoms with E-state index >= 15 is 0 Å². The van der Waals surface area contributed by atoms with E-state index < -0.39 is 9.84 Å². The summed E-state index contributed by atoms with van der Waals surface area (Å²) in [5.41, 5.74) is 8.56. The Morgan fingerprint density at radius 2 is 1.87 bits per heavy atom. The van der Waals surface area contributed by atoms with Crippen LogP contribution >= 0.6 is 0 Å². The van der Waals surface area contributed by atoms with Crippen LogP contribution in [-0.4, -0.2) is 65.9 Å². The number of morpholine rings is 1. The van der Waals surface area contributed by atoms with Crippen molar-refractivity contribution in [2.24, 2.45) is 0 Å². The number of anilines is 2. The normalized spacial score (nSPS) is 14.9. The number of pyridine rings is 1. The molecular weight excluding hydrogens is 418 g/mol. The molecule has 5 rings (SSSR count). The standard InChI is InChI=1S/C20H21N7O3S/c1-31(28,29)14-4-2-13(3-5-14)15-12-17(26-8-10-30-11-9-26)23-20-18(15)19(21)25-27(20)16-6-7-22-24-16/h2-7,12H,8-11H2,1H3,(H2,21,25)(H,22,24). The van der Waals surface area contributed by atoms with Crippen molar-refractivity contribution in [1.82, 2.24) is 25.0 Å². The third kappa shape index (κ3) is 3.51. The third-order valence-electron chi connectivity index (χ3n) is 5.29. The number of benzene rings is 1. The summed E-state index contributed by atoms with van der Waals surface area (Å²) in [6.07, 6.45) is 2.82. The average Bonchev–Trinajstić information content (AvgIpc) is 3.41. The largest absolute Gasteiger partial charge is 0.382 e. The second-order valence-electron chi connectivity index (χ2n) is 7.36. The van der Waals surface area contributed by atoms with Crippen molar-refractivity contribution in [3.8, 4) is 16.9 Å². The van der Waals surface area contributed by atoms with Gasteiger partial charge in [0.25, 0.3) is 0 Å². The number of nitrogens with zero attached hydrogens (tertiary/aromatic N) is 5. The number of hydrogen-bond acceptors (Lipinski definition) is 8. The van der Waals surface area contributed by atoms with E-state index in [1.807, 2.05) is 6.07 Å². The van der Waals surface area contributed by atoms with Crippen LogP contribution in [-0.2, 0) is 14.6 Å². The highest BCUT2D eigenvalue weighted by Gasteiger charge is 2.22. The number of fused-ring (bicyclic) bond motifs is 1. The van der Waals surface area contributed by atoms with Crippen molar-refractivity contribution in [2.75, 3.05) is 43.2 Å². The number of sulfone groups is 1. The van der Waals surface area contributed by atoms with Crippen molar-refractivity contribution < 1.29 is 13.2 Å². The number of nitrogen functional groups attached to an aromatic ring is 1. The first kappa shape index (κ1) is 19.5. The first-order chi connectivity index (χ1) is 14.9. The maximum Gasteiger partial charge on any atom is 0.175 e. The Morgan fingerprint density at radius 3 is 2.52 bits per heavy atom. The van der Waals surface area contributed by atoms with Crippen LogP contribution in [0.4, 0.5) is 11.6 Å². The lowest BCUT2D eigenvalue weighted by Crippen LogP contribution is -2.36. The first-order valence-corrected chi connectivity index (χ1v) is 11.6. The van der Waals surface area contributed by atoms with Gasteiger partial charge < -0.3 is 15.4 Å². The predicted molar refractivity (Wildman–Crippen MR) is 117 cm³/mol. The van der Waals surface area contributed by atoms with Crippen molar-refractivity contribution in [3.05, 3.63) is 42.6 Å². The molecule has 10 nitrogen and oxygen atoms in total. The topological polar surface area (TPSA) is 132 Å². The number of rotatable bonds is 4. The summed E-state index contributed by atoms with van der Waals surface area (Å²) in [6, 6.07) is 10.5. The van der Waals surface area contributed by atoms with Crippen LogP contribution in [0.1, 0.15) is 0 Å². The highest BCUT2D eigenvalue weighted by molar-refractivity contribution is 7.90. The SMILES string of the molecule is CS(=O)(=O)c1ccc(-c2cc(N3CCOCC3)nc3c2c(N)nn3-c2ccn[nH]2)cc1. The van der Waals surface area contributed by atoms with Crippen LogP contribution in [0, 0.1) is 0 Å². The van der Waals surface area contributed by atoms with Gasteiger partial charge in [0.15, 0.2) is 27.1 Å². The predicted octanol–water partition coefficient (Wildman–Crippen LogP) is 1.63. The molecule has 31 heavy (non-hydrogen) atoms. The zero-order valence-electron chi connectivity index (χ0n) is 16.8. The van der Waals surface area contributed by atoms with Crippen molar-refractivity contribution in [2.45, 2.75) is 4.90 Å². The van der Waals surface area contributed by atoms with Crippen molar-refractivity contribution in [3.63, 3.8) is 0 Å². The van der Waals surface area contributed by atoms with Gasteiger partial charge in [-0.3, -0.25) is 5.10 Å². The van der Waals surface area contributed by atoms with Crippen LogP contribution in [0.2, 0.25) is 0 Å². The molecule has 1 aromatic carbocycles. The second kappa shape index (κ2) is 7.36. The number of aromatic nitrogens is 5. The molecule has 0 bridgehead atoms. The minimum absolute atomic E-state index is 0.260. The van der Waals surface area contributed by atoms with Gasteiger partial charge in [-0.05, 0) is 23.8 Å². The molecule has 160 valence electrons. The summed E-state index contributed by atoms with van der Waals surface area (Å²) in [7, 11) is -3.29. The highest BCUT2D eigenvalue weighted by atomic mass is 32.2. The Kier molecular flexibility index (Phi) is 4.63. The van der Waals surface area contributed by atoms with Crippen LogP contribution < -0.4 is 10.6 Å². The van der Waals surface area contributed by atoms with E-state index in [2.05, 4.69) is 20.2 Å². The molecule has 1 aliphatic heterocycles. The quantitative estimate of drug-likeness (QED) is 0.490. The van der Waals surface area contributed by atoms with E-state index in [4.69, 9.17) is 15.5 Å². The Bertz CT molecular complexity index is 1340. The van der Waals surface area contributed by atoms with E-state index in [0.717, 1.165) is 30.0 Å². The Hall–Kier alpha value is -3.44. The third-order valence-corrected chi connectivity index (χ3v) is 6.42. The van der Waals surface area contributed by atoms with Gasteiger partial charge >= 0.3 is 0 Å². The lowest BCUT2D eigenvalue weighted by molar-refractivity contribution is 0.122. The number of nitrogens with two attached hydrogens (primary N) is 1. The van der Waals surface area contributed by atoms with Gasteiger partial charge in [-0.2, -0.15) is 9.78 Å². The van der Waals surface area contributed by atoms with Crippen LogP contribution in [0.15, 0.2) is 47.5 Å². The average molecular weight is 440 g/mol. The Morgan fingerprint density at radius 1 is 1.13 bits per heavy atom. The van der Waals surface area contributed by atoms with E-state index in [0.29, 0.717) is 35.9 Å². The summed E-state index contributed by atoms with van der Waals surface area (Å²) in [5.74, 6) is 1.75. The number of ether oxygens (including phenoxy) is 1. The monoisotopic (exact) mass is 439 g/mol. The number of H-pyrrole nitrogens is 1. The molecule has 1 saturated heterocycles. The minimum Gasteiger partial charge on any atom is -0.382 e. The minimum atomic E-state index is -3.29. The molecule has 0 aliphatic carbocycles. The van der Waals surface area contributed by atoms with Crippen molar-refractivity contribution >= 4 is 32.5 Å². The number of aromatic amines is 1. The molecule has 0 atom stereocenters. The van der Waals surface area contributed by atoms with Crippen LogP contribution in [0.3, 0.4) is 0 Å². The van der Waals surface area contributed by atoms with Crippen LogP contribution in [0.25, 0.3) is 28.0 Å². The summed E-state index contributed by atoms with van der Waals surface area (Å²) >= 11 is 0. The summed E-state index contributed by atoms with van der Waals surface area (Å²) < 4.78 is 30.9. The van der Waals surface area contributed by atoms with Gasteiger partial charge in [-0.25, -0.2) is 13.4 Å². The molecule has 0 radical (unpaired) electrons. The molecule has 0 spiro atoms. The molecule has 1 fully saturated rings. The van der Waals surface area contributed by atoms with Crippen molar-refractivity contribution in [1.29, 1.82) is 0 Å². The summed E-state index contributed by atoms with van der Waals surface area (Å²) in [4.78, 5) is 7.28. The lowest BCUT2D eigenvalue weighted by Gasteiger charge is -2.28. The smallest absolute Gasteiger partial charge is 0.175 e. The van der Waals surface area contributed by atoms with E-state index in [1.165, 1.54) is 6.26 Å². The van der Waals surface area contributed by atoms with Crippen LogP contribution in [0.5, 0.6) is 0 Å². The van der Waals surface area contributed by atoms with Gasteiger partial charge in [-0.15, -0.1) is 5.10 Å². The fourth-order valence-electron chi connectivity index (χ4n) is 3.73. The number of nitrogens with one attached hydrogen (secondary N) is 1. The van der Waals surface area contributed by atoms with E-state index in [-0.39, 0.29) is 4.90 Å². The summed E-state index contributed by atoms with van der Waals surface area (Å²) in [6.45, 7) is 2.69. The van der Waals surface area contributed by atoms with Gasteiger partial charge in [0, 0.05) is 31.0 Å². The molecule has 0 unspecified atom stereocenters. The zero-order chi connectivity index (χ0) is 21.6. The van der Waals surface area contributed by atoms with Gasteiger partial charge in [-0.1, -0.05) is 12.1 Å². The lowest BCUT2D eigenvalue weighted by atomic mass is 10.0. The molecule has 3 N–H and O–H groups in total. The molecular formula is C20H21N7O3S. The number of hydrogen-bond donors (Lipinski definition) is 2. The highest BCUT2D eigenvalue weighted by Crippen LogP contribution is 2.36. The van der Waals surface area contributed by atoms with Gasteiger partial charge in [0.05, 0.1) is 29.7 Å².